The maximum Gasteiger partial charge on any atom is 0.260 e. The molecule has 1 aromatic heterocycles. The molecule has 2 heterocycles. The second-order valence-corrected chi connectivity index (χ2v) is 8.28. The highest BCUT2D eigenvalue weighted by atomic mass is 32.1. The molecule has 1 fully saturated rings. The van der Waals surface area contributed by atoms with Crippen LogP contribution in [-0.2, 0) is 4.79 Å². The highest BCUT2D eigenvalue weighted by Gasteiger charge is 2.23. The average molecular weight is 421 g/mol. The highest BCUT2D eigenvalue weighted by molar-refractivity contribution is 7.22. The van der Waals surface area contributed by atoms with Gasteiger partial charge in [0.15, 0.2) is 11.7 Å². The van der Waals surface area contributed by atoms with Crippen LogP contribution in [0.25, 0.3) is 21.0 Å². The fraction of sp³-hybridized carbons (Fsp3) is 0.217. The van der Waals surface area contributed by atoms with Gasteiger partial charge in [-0.05, 0) is 41.1 Å². The fourth-order valence-corrected chi connectivity index (χ4v) is 4.70. The first-order valence-corrected chi connectivity index (χ1v) is 10.7. The van der Waals surface area contributed by atoms with Crippen molar-refractivity contribution in [3.8, 4) is 5.75 Å². The number of halogens is 1. The molecule has 152 valence electrons. The van der Waals surface area contributed by atoms with Gasteiger partial charge in [0.05, 0.1) is 10.2 Å². The zero-order valence-electron chi connectivity index (χ0n) is 16.3. The number of amides is 1. The molecule has 30 heavy (non-hydrogen) atoms. The van der Waals surface area contributed by atoms with Gasteiger partial charge in [0, 0.05) is 26.2 Å². The average Bonchev–Trinajstić information content (AvgIpc) is 3.20. The van der Waals surface area contributed by atoms with Crippen molar-refractivity contribution in [3.63, 3.8) is 0 Å². The van der Waals surface area contributed by atoms with Crippen LogP contribution in [0.2, 0.25) is 0 Å². The molecule has 5 rings (SSSR count). The molecule has 0 saturated carbocycles. The van der Waals surface area contributed by atoms with Crippen LogP contribution in [0.1, 0.15) is 0 Å². The molecular formula is C23H20FN3O2S. The predicted molar refractivity (Wildman–Crippen MR) is 118 cm³/mol. The third kappa shape index (κ3) is 3.80. The summed E-state index contributed by atoms with van der Waals surface area (Å²) in [6, 6.07) is 18.5. The van der Waals surface area contributed by atoms with Crippen LogP contribution in [0.3, 0.4) is 0 Å². The van der Waals surface area contributed by atoms with Crippen molar-refractivity contribution >= 4 is 43.4 Å². The maximum atomic E-state index is 13.4. The Bertz CT molecular complexity index is 1220. The fourth-order valence-electron chi connectivity index (χ4n) is 3.66. The Morgan fingerprint density at radius 2 is 1.80 bits per heavy atom. The van der Waals surface area contributed by atoms with Gasteiger partial charge in [-0.15, -0.1) is 0 Å². The summed E-state index contributed by atoms with van der Waals surface area (Å²) in [5.41, 5.74) is 0.804. The van der Waals surface area contributed by atoms with E-state index in [9.17, 15) is 9.18 Å². The van der Waals surface area contributed by atoms with Gasteiger partial charge in [-0.3, -0.25) is 4.79 Å². The monoisotopic (exact) mass is 421 g/mol. The summed E-state index contributed by atoms with van der Waals surface area (Å²) >= 11 is 1.48. The first-order valence-electron chi connectivity index (χ1n) is 9.86. The lowest BCUT2D eigenvalue weighted by Crippen LogP contribution is -2.50. The summed E-state index contributed by atoms with van der Waals surface area (Å²) in [5.74, 6) is 0.427. The van der Waals surface area contributed by atoms with Gasteiger partial charge in [0.2, 0.25) is 0 Å². The third-order valence-corrected chi connectivity index (χ3v) is 6.40. The predicted octanol–water partition coefficient (Wildman–Crippen LogP) is 4.32. The summed E-state index contributed by atoms with van der Waals surface area (Å²) in [6.07, 6.45) is 0. The standard InChI is InChI=1S/C23H20FN3O2S/c24-18-6-8-20-21(14-18)30-23(25-20)27-11-9-26(10-12-27)22(28)15-29-19-7-5-16-3-1-2-4-17(16)13-19/h1-8,13-14H,9-12,15H2. The van der Waals surface area contributed by atoms with Crippen LogP contribution >= 0.6 is 11.3 Å². The number of hydrogen-bond acceptors (Lipinski definition) is 5. The first-order chi connectivity index (χ1) is 14.7. The molecule has 1 saturated heterocycles. The lowest BCUT2D eigenvalue weighted by molar-refractivity contribution is -0.133. The molecule has 0 bridgehead atoms. The number of rotatable bonds is 4. The highest BCUT2D eigenvalue weighted by Crippen LogP contribution is 2.30. The van der Waals surface area contributed by atoms with Gasteiger partial charge in [-0.2, -0.15) is 0 Å². The topological polar surface area (TPSA) is 45.7 Å². The molecule has 7 heteroatoms. The smallest absolute Gasteiger partial charge is 0.260 e. The minimum atomic E-state index is -0.250. The van der Waals surface area contributed by atoms with E-state index in [1.54, 1.807) is 6.07 Å². The molecule has 0 atom stereocenters. The van der Waals surface area contributed by atoms with Crippen molar-refractivity contribution in [2.75, 3.05) is 37.7 Å². The minimum Gasteiger partial charge on any atom is -0.484 e. The van der Waals surface area contributed by atoms with Crippen LogP contribution in [0.4, 0.5) is 9.52 Å². The number of ether oxygens (including phenoxy) is 1. The lowest BCUT2D eigenvalue weighted by Gasteiger charge is -2.34. The van der Waals surface area contributed by atoms with Crippen LogP contribution in [0.15, 0.2) is 60.7 Å². The van der Waals surface area contributed by atoms with Crippen molar-refractivity contribution in [2.24, 2.45) is 0 Å². The number of anilines is 1. The molecule has 5 nitrogen and oxygen atoms in total. The van der Waals surface area contributed by atoms with Gasteiger partial charge in [-0.25, -0.2) is 9.37 Å². The van der Waals surface area contributed by atoms with Crippen LogP contribution in [0, 0.1) is 5.82 Å². The van der Waals surface area contributed by atoms with Crippen molar-refractivity contribution in [1.82, 2.24) is 9.88 Å². The van der Waals surface area contributed by atoms with E-state index in [1.807, 2.05) is 47.4 Å². The molecule has 3 aromatic carbocycles. The Morgan fingerprint density at radius 3 is 2.63 bits per heavy atom. The summed E-state index contributed by atoms with van der Waals surface area (Å²) in [6.45, 7) is 2.65. The summed E-state index contributed by atoms with van der Waals surface area (Å²) < 4.78 is 20.0. The van der Waals surface area contributed by atoms with Crippen LogP contribution < -0.4 is 9.64 Å². The summed E-state index contributed by atoms with van der Waals surface area (Å²) in [7, 11) is 0. The zero-order valence-corrected chi connectivity index (χ0v) is 17.1. The number of carbonyl (C=O) groups excluding carboxylic acids is 1. The molecule has 4 aromatic rings. The Kier molecular flexibility index (Phi) is 4.96. The molecule has 0 N–H and O–H groups in total. The number of fused-ring (bicyclic) bond motifs is 2. The molecule has 1 amide bonds. The molecule has 1 aliphatic rings. The molecule has 0 spiro atoms. The van der Waals surface area contributed by atoms with Crippen molar-refractivity contribution in [1.29, 1.82) is 0 Å². The molecule has 1 aliphatic heterocycles. The maximum absolute atomic E-state index is 13.4. The van der Waals surface area contributed by atoms with Crippen molar-refractivity contribution < 1.29 is 13.9 Å². The second kappa shape index (κ2) is 7.91. The van der Waals surface area contributed by atoms with E-state index >= 15 is 0 Å². The number of benzene rings is 3. The number of carbonyl (C=O) groups is 1. The van der Waals surface area contributed by atoms with E-state index in [-0.39, 0.29) is 18.3 Å². The van der Waals surface area contributed by atoms with Gasteiger partial charge < -0.3 is 14.5 Å². The summed E-state index contributed by atoms with van der Waals surface area (Å²) in [4.78, 5) is 21.2. The van der Waals surface area contributed by atoms with Crippen molar-refractivity contribution in [2.45, 2.75) is 0 Å². The van der Waals surface area contributed by atoms with E-state index in [0.717, 1.165) is 26.1 Å². The third-order valence-electron chi connectivity index (χ3n) is 5.33. The quantitative estimate of drug-likeness (QED) is 0.493. The van der Waals surface area contributed by atoms with Gasteiger partial charge in [0.1, 0.15) is 11.6 Å². The van der Waals surface area contributed by atoms with Crippen molar-refractivity contribution in [3.05, 3.63) is 66.5 Å². The zero-order chi connectivity index (χ0) is 20.5. The van der Waals surface area contributed by atoms with E-state index in [4.69, 9.17) is 4.74 Å². The van der Waals surface area contributed by atoms with E-state index in [1.165, 1.54) is 23.5 Å². The molecular weight excluding hydrogens is 401 g/mol. The summed E-state index contributed by atoms with van der Waals surface area (Å²) in [5, 5.41) is 3.10. The van der Waals surface area contributed by atoms with E-state index in [0.29, 0.717) is 31.9 Å². The lowest BCUT2D eigenvalue weighted by atomic mass is 10.1. The number of nitrogens with zero attached hydrogens (tertiary/aromatic N) is 3. The normalized spacial score (nSPS) is 14.4. The largest absolute Gasteiger partial charge is 0.484 e. The van der Waals surface area contributed by atoms with E-state index in [2.05, 4.69) is 9.88 Å². The Labute approximate surface area is 177 Å². The number of hydrogen-bond donors (Lipinski definition) is 0. The first kappa shape index (κ1) is 18.8. The molecule has 0 unspecified atom stereocenters. The number of aromatic nitrogens is 1. The number of thiazole rings is 1. The minimum absolute atomic E-state index is 0.0193. The SMILES string of the molecule is O=C(COc1ccc2ccccc2c1)N1CCN(c2nc3ccc(F)cc3s2)CC1. The van der Waals surface area contributed by atoms with E-state index < -0.39 is 0 Å². The van der Waals surface area contributed by atoms with Crippen LogP contribution in [0.5, 0.6) is 5.75 Å². The van der Waals surface area contributed by atoms with Gasteiger partial charge >= 0.3 is 0 Å². The Balaban J connectivity index is 1.17. The van der Waals surface area contributed by atoms with Crippen LogP contribution in [-0.4, -0.2) is 48.6 Å². The van der Waals surface area contributed by atoms with Gasteiger partial charge in [0.25, 0.3) is 5.91 Å². The number of piperazine rings is 1. The Hall–Kier alpha value is -3.19. The molecule has 0 radical (unpaired) electrons. The molecule has 0 aliphatic carbocycles. The second-order valence-electron chi connectivity index (χ2n) is 7.27. The van der Waals surface area contributed by atoms with Gasteiger partial charge in [-0.1, -0.05) is 41.7 Å². The Morgan fingerprint density at radius 1 is 1.00 bits per heavy atom.